The number of nitrogens with one attached hydrogen (secondary N) is 1. The Balaban J connectivity index is 1.85. The van der Waals surface area contributed by atoms with E-state index < -0.39 is 0 Å². The summed E-state index contributed by atoms with van der Waals surface area (Å²) in [5.41, 5.74) is 2.07. The normalized spacial score (nSPS) is 10.6. The summed E-state index contributed by atoms with van der Waals surface area (Å²) in [5, 5.41) is 3.47. The summed E-state index contributed by atoms with van der Waals surface area (Å²) in [5.74, 6) is 0.737. The van der Waals surface area contributed by atoms with Crippen molar-refractivity contribution in [2.45, 2.75) is 24.9 Å². The standard InChI is InChI=1S/C15H17N3OS/c1-11(2)12-4-6-13(7-5-12)18-14(19)10-20-15-16-8-3-9-17-15/h3-9,11H,10H2,1-2H3,(H,18,19). The minimum Gasteiger partial charge on any atom is -0.325 e. The SMILES string of the molecule is CC(C)c1ccc(NC(=O)CSc2ncccn2)cc1. The molecule has 0 radical (unpaired) electrons. The molecule has 20 heavy (non-hydrogen) atoms. The molecule has 0 aliphatic rings. The molecule has 0 aliphatic carbocycles. The quantitative estimate of drug-likeness (QED) is 0.677. The van der Waals surface area contributed by atoms with Crippen LogP contribution in [-0.4, -0.2) is 21.6 Å². The third-order valence-electron chi connectivity index (χ3n) is 2.74. The molecule has 0 saturated heterocycles. The zero-order chi connectivity index (χ0) is 14.4. The number of benzene rings is 1. The average Bonchev–Trinajstić information content (AvgIpc) is 2.47. The van der Waals surface area contributed by atoms with Crippen molar-refractivity contribution in [3.05, 3.63) is 48.3 Å². The van der Waals surface area contributed by atoms with E-state index in [2.05, 4.69) is 29.1 Å². The van der Waals surface area contributed by atoms with Crippen molar-refractivity contribution in [3.8, 4) is 0 Å². The Hall–Kier alpha value is -1.88. The van der Waals surface area contributed by atoms with Crippen LogP contribution in [0.2, 0.25) is 0 Å². The summed E-state index contributed by atoms with van der Waals surface area (Å²) in [7, 11) is 0. The van der Waals surface area contributed by atoms with Gasteiger partial charge in [0.15, 0.2) is 5.16 Å². The molecule has 104 valence electrons. The van der Waals surface area contributed by atoms with E-state index in [1.807, 2.05) is 24.3 Å². The summed E-state index contributed by atoms with van der Waals surface area (Å²) in [6.07, 6.45) is 3.33. The van der Waals surface area contributed by atoms with Crippen molar-refractivity contribution in [2.24, 2.45) is 0 Å². The first-order chi connectivity index (χ1) is 9.65. The number of carbonyl (C=O) groups is 1. The minimum atomic E-state index is -0.0558. The van der Waals surface area contributed by atoms with E-state index in [1.165, 1.54) is 17.3 Å². The van der Waals surface area contributed by atoms with Gasteiger partial charge in [0.05, 0.1) is 5.75 Å². The van der Waals surface area contributed by atoms with Gasteiger partial charge in [-0.05, 0) is 29.7 Å². The van der Waals surface area contributed by atoms with E-state index in [0.29, 0.717) is 16.8 Å². The number of hydrogen-bond acceptors (Lipinski definition) is 4. The number of thioether (sulfide) groups is 1. The van der Waals surface area contributed by atoms with Crippen LogP contribution in [0.3, 0.4) is 0 Å². The maximum absolute atomic E-state index is 11.8. The molecule has 0 unspecified atom stereocenters. The summed E-state index contributed by atoms with van der Waals surface area (Å²) in [6.45, 7) is 4.29. The highest BCUT2D eigenvalue weighted by Crippen LogP contribution is 2.17. The number of hydrogen-bond donors (Lipinski definition) is 1. The third-order valence-corrected chi connectivity index (χ3v) is 3.61. The number of rotatable bonds is 5. The Morgan fingerprint density at radius 1 is 1.20 bits per heavy atom. The van der Waals surface area contributed by atoms with Gasteiger partial charge in [-0.15, -0.1) is 0 Å². The molecular weight excluding hydrogens is 270 g/mol. The molecule has 2 aromatic rings. The van der Waals surface area contributed by atoms with E-state index >= 15 is 0 Å². The number of carbonyl (C=O) groups excluding carboxylic acids is 1. The summed E-state index contributed by atoms with van der Waals surface area (Å²) in [6, 6.07) is 9.68. The number of amides is 1. The van der Waals surface area contributed by atoms with Crippen LogP contribution in [0.1, 0.15) is 25.3 Å². The highest BCUT2D eigenvalue weighted by Gasteiger charge is 2.05. The van der Waals surface area contributed by atoms with E-state index in [9.17, 15) is 4.79 Å². The topological polar surface area (TPSA) is 54.9 Å². The molecule has 1 N–H and O–H groups in total. The molecule has 0 atom stereocenters. The second-order valence-corrected chi connectivity index (χ2v) is 5.59. The van der Waals surface area contributed by atoms with Crippen molar-refractivity contribution < 1.29 is 4.79 Å². The molecule has 2 rings (SSSR count). The molecule has 0 fully saturated rings. The van der Waals surface area contributed by atoms with Crippen molar-refractivity contribution in [3.63, 3.8) is 0 Å². The smallest absolute Gasteiger partial charge is 0.234 e. The summed E-state index contributed by atoms with van der Waals surface area (Å²) in [4.78, 5) is 19.9. The molecule has 1 aromatic heterocycles. The Morgan fingerprint density at radius 2 is 1.85 bits per heavy atom. The second-order valence-electron chi connectivity index (χ2n) is 4.64. The van der Waals surface area contributed by atoms with Crippen molar-refractivity contribution in [1.29, 1.82) is 0 Å². The fourth-order valence-corrected chi connectivity index (χ4v) is 2.24. The van der Waals surface area contributed by atoms with Gasteiger partial charge in [-0.3, -0.25) is 4.79 Å². The van der Waals surface area contributed by atoms with Gasteiger partial charge in [0.25, 0.3) is 0 Å². The fraction of sp³-hybridized carbons (Fsp3) is 0.267. The molecule has 5 heteroatoms. The second kappa shape index (κ2) is 7.05. The van der Waals surface area contributed by atoms with Crippen molar-refractivity contribution >= 4 is 23.4 Å². The molecular formula is C15H17N3OS. The first-order valence-electron chi connectivity index (χ1n) is 6.45. The van der Waals surface area contributed by atoms with Crippen LogP contribution in [0.4, 0.5) is 5.69 Å². The lowest BCUT2D eigenvalue weighted by atomic mass is 10.0. The van der Waals surface area contributed by atoms with E-state index in [-0.39, 0.29) is 5.91 Å². The maximum Gasteiger partial charge on any atom is 0.234 e. The van der Waals surface area contributed by atoms with Gasteiger partial charge in [-0.1, -0.05) is 37.7 Å². The van der Waals surface area contributed by atoms with E-state index in [0.717, 1.165) is 5.69 Å². The number of anilines is 1. The predicted octanol–water partition coefficient (Wildman–Crippen LogP) is 3.33. The highest BCUT2D eigenvalue weighted by atomic mass is 32.2. The van der Waals surface area contributed by atoms with Crippen molar-refractivity contribution in [1.82, 2.24) is 9.97 Å². The largest absolute Gasteiger partial charge is 0.325 e. The van der Waals surface area contributed by atoms with Crippen LogP contribution in [0.5, 0.6) is 0 Å². The lowest BCUT2D eigenvalue weighted by molar-refractivity contribution is -0.113. The Bertz CT molecular complexity index is 555. The number of nitrogens with zero attached hydrogens (tertiary/aromatic N) is 2. The maximum atomic E-state index is 11.8. The minimum absolute atomic E-state index is 0.0558. The first-order valence-corrected chi connectivity index (χ1v) is 7.43. The van der Waals surface area contributed by atoms with Crippen LogP contribution in [0, 0.1) is 0 Å². The first kappa shape index (κ1) is 14.5. The summed E-state index contributed by atoms with van der Waals surface area (Å²) >= 11 is 1.32. The molecule has 0 spiro atoms. The van der Waals surface area contributed by atoms with Crippen LogP contribution >= 0.6 is 11.8 Å². The Morgan fingerprint density at radius 3 is 2.45 bits per heavy atom. The van der Waals surface area contributed by atoms with Crippen LogP contribution < -0.4 is 5.32 Å². The Kier molecular flexibility index (Phi) is 5.12. The van der Waals surface area contributed by atoms with Crippen molar-refractivity contribution in [2.75, 3.05) is 11.1 Å². The average molecular weight is 287 g/mol. The molecule has 0 bridgehead atoms. The van der Waals surface area contributed by atoms with Crippen LogP contribution in [0.15, 0.2) is 47.9 Å². The van der Waals surface area contributed by atoms with Gasteiger partial charge in [-0.25, -0.2) is 9.97 Å². The molecule has 0 saturated carbocycles. The zero-order valence-electron chi connectivity index (χ0n) is 11.5. The zero-order valence-corrected chi connectivity index (χ0v) is 12.4. The molecule has 1 heterocycles. The highest BCUT2D eigenvalue weighted by molar-refractivity contribution is 7.99. The van der Waals surface area contributed by atoms with Gasteiger partial charge in [-0.2, -0.15) is 0 Å². The Labute approximate surface area is 123 Å². The molecule has 1 amide bonds. The molecule has 4 nitrogen and oxygen atoms in total. The van der Waals surface area contributed by atoms with Gasteiger partial charge in [0.2, 0.25) is 5.91 Å². The molecule has 0 aliphatic heterocycles. The lowest BCUT2D eigenvalue weighted by Gasteiger charge is -2.08. The van der Waals surface area contributed by atoms with Gasteiger partial charge in [0, 0.05) is 18.1 Å². The van der Waals surface area contributed by atoms with Gasteiger partial charge in [0.1, 0.15) is 0 Å². The van der Waals surface area contributed by atoms with E-state index in [4.69, 9.17) is 0 Å². The van der Waals surface area contributed by atoms with Gasteiger partial charge >= 0.3 is 0 Å². The van der Waals surface area contributed by atoms with Crippen LogP contribution in [0.25, 0.3) is 0 Å². The number of aromatic nitrogens is 2. The molecule has 1 aromatic carbocycles. The summed E-state index contributed by atoms with van der Waals surface area (Å²) < 4.78 is 0. The third kappa shape index (κ3) is 4.35. The lowest BCUT2D eigenvalue weighted by Crippen LogP contribution is -2.14. The van der Waals surface area contributed by atoms with Gasteiger partial charge < -0.3 is 5.32 Å². The fourth-order valence-electron chi connectivity index (χ4n) is 1.64. The van der Waals surface area contributed by atoms with E-state index in [1.54, 1.807) is 18.5 Å². The van der Waals surface area contributed by atoms with Crippen LogP contribution in [-0.2, 0) is 4.79 Å². The monoisotopic (exact) mass is 287 g/mol. The predicted molar refractivity (Wildman–Crippen MR) is 81.9 cm³/mol.